The Kier molecular flexibility index (Phi) is 3.25. The summed E-state index contributed by atoms with van der Waals surface area (Å²) in [6, 6.07) is 16.6. The fraction of sp³-hybridized carbons (Fsp3) is 0.200. The summed E-state index contributed by atoms with van der Waals surface area (Å²) in [7, 11) is 0. The van der Waals surface area contributed by atoms with Gasteiger partial charge < -0.3 is 20.0 Å². The zero-order chi connectivity index (χ0) is 17.7. The summed E-state index contributed by atoms with van der Waals surface area (Å²) in [5, 5.41) is 6.85. The molecule has 26 heavy (non-hydrogen) atoms. The third-order valence-electron chi connectivity index (χ3n) is 5.06. The highest BCUT2D eigenvalue weighted by Gasteiger charge is 2.41. The van der Waals surface area contributed by atoms with Crippen molar-refractivity contribution in [2.75, 3.05) is 16.8 Å². The van der Waals surface area contributed by atoms with Crippen LogP contribution < -0.4 is 15.5 Å². The van der Waals surface area contributed by atoms with Gasteiger partial charge in [0.05, 0.1) is 11.4 Å². The first-order valence-corrected chi connectivity index (χ1v) is 8.65. The topological polar surface area (TPSA) is 74.6 Å². The number of benzene rings is 2. The fourth-order valence-electron chi connectivity index (χ4n) is 3.85. The molecule has 2 N–H and O–H groups in total. The predicted octanol–water partition coefficient (Wildman–Crippen LogP) is 2.76. The average molecular weight is 347 g/mol. The standard InChI is InChI=1S/C20H17N3O3/c24-19-16-10-13(11-23(16)15-7-3-2-6-14(15)22-19)21-20(25)18-9-12-5-1-4-8-17(12)26-18/h1-9,13,16H,10-11H2,(H,21,25)(H,22,24). The largest absolute Gasteiger partial charge is 0.451 e. The second-order valence-corrected chi connectivity index (χ2v) is 6.73. The van der Waals surface area contributed by atoms with E-state index in [2.05, 4.69) is 15.5 Å². The predicted molar refractivity (Wildman–Crippen MR) is 98.3 cm³/mol. The van der Waals surface area contributed by atoms with Crippen LogP contribution in [0.15, 0.2) is 59.0 Å². The van der Waals surface area contributed by atoms with E-state index in [1.165, 1.54) is 0 Å². The molecule has 130 valence electrons. The van der Waals surface area contributed by atoms with E-state index in [-0.39, 0.29) is 23.9 Å². The van der Waals surface area contributed by atoms with Gasteiger partial charge in [-0.25, -0.2) is 0 Å². The maximum atomic E-state index is 12.6. The van der Waals surface area contributed by atoms with Gasteiger partial charge in [-0.3, -0.25) is 9.59 Å². The Hall–Kier alpha value is -3.28. The number of para-hydroxylation sites is 3. The van der Waals surface area contributed by atoms with Crippen molar-refractivity contribution in [1.29, 1.82) is 0 Å². The summed E-state index contributed by atoms with van der Waals surface area (Å²) in [5.74, 6) is 0.0184. The molecule has 5 rings (SSSR count). The highest BCUT2D eigenvalue weighted by molar-refractivity contribution is 6.04. The van der Waals surface area contributed by atoms with E-state index in [1.807, 2.05) is 48.5 Å². The van der Waals surface area contributed by atoms with Crippen molar-refractivity contribution in [3.63, 3.8) is 0 Å². The van der Waals surface area contributed by atoms with Crippen molar-refractivity contribution < 1.29 is 14.0 Å². The molecule has 0 radical (unpaired) electrons. The number of nitrogens with zero attached hydrogens (tertiary/aromatic N) is 1. The number of nitrogens with one attached hydrogen (secondary N) is 2. The van der Waals surface area contributed by atoms with E-state index >= 15 is 0 Å². The number of amides is 2. The van der Waals surface area contributed by atoms with Crippen molar-refractivity contribution in [2.45, 2.75) is 18.5 Å². The molecule has 2 unspecified atom stereocenters. The molecule has 0 aliphatic carbocycles. The van der Waals surface area contributed by atoms with E-state index in [0.29, 0.717) is 24.3 Å². The number of rotatable bonds is 2. The van der Waals surface area contributed by atoms with Crippen LogP contribution in [0.3, 0.4) is 0 Å². The van der Waals surface area contributed by atoms with Gasteiger partial charge in [0, 0.05) is 18.0 Å². The van der Waals surface area contributed by atoms with E-state index in [9.17, 15) is 9.59 Å². The lowest BCUT2D eigenvalue weighted by Crippen LogP contribution is -2.44. The number of hydrogen-bond acceptors (Lipinski definition) is 4. The van der Waals surface area contributed by atoms with Crippen molar-refractivity contribution in [3.05, 3.63) is 60.4 Å². The van der Waals surface area contributed by atoms with Crippen LogP contribution in [0, 0.1) is 0 Å². The van der Waals surface area contributed by atoms with Gasteiger partial charge >= 0.3 is 0 Å². The molecule has 2 amide bonds. The number of hydrogen-bond donors (Lipinski definition) is 2. The summed E-state index contributed by atoms with van der Waals surface area (Å²) in [5.41, 5.74) is 2.50. The number of carbonyl (C=O) groups excluding carboxylic acids is 2. The Morgan fingerprint density at radius 3 is 2.85 bits per heavy atom. The van der Waals surface area contributed by atoms with Gasteiger partial charge in [0.25, 0.3) is 5.91 Å². The molecule has 2 aliphatic heterocycles. The Labute approximate surface area is 149 Å². The number of fused-ring (bicyclic) bond motifs is 4. The molecule has 3 heterocycles. The third-order valence-corrected chi connectivity index (χ3v) is 5.06. The molecule has 6 heteroatoms. The Morgan fingerprint density at radius 1 is 1.15 bits per heavy atom. The van der Waals surface area contributed by atoms with E-state index in [1.54, 1.807) is 6.07 Å². The van der Waals surface area contributed by atoms with E-state index in [4.69, 9.17) is 4.42 Å². The molecule has 1 aromatic heterocycles. The Balaban J connectivity index is 1.36. The van der Waals surface area contributed by atoms with Crippen LogP contribution in [0.25, 0.3) is 11.0 Å². The summed E-state index contributed by atoms with van der Waals surface area (Å²) in [6.07, 6.45) is 0.576. The second kappa shape index (κ2) is 5.62. The van der Waals surface area contributed by atoms with Gasteiger partial charge in [-0.2, -0.15) is 0 Å². The minimum Gasteiger partial charge on any atom is -0.451 e. The lowest BCUT2D eigenvalue weighted by atomic mass is 10.1. The van der Waals surface area contributed by atoms with Gasteiger partial charge in [-0.05, 0) is 30.7 Å². The first-order valence-electron chi connectivity index (χ1n) is 8.65. The summed E-state index contributed by atoms with van der Waals surface area (Å²) in [6.45, 7) is 0.598. The lowest BCUT2D eigenvalue weighted by Gasteiger charge is -2.32. The SMILES string of the molecule is O=C(NC1CC2C(=O)Nc3ccccc3N2C1)c1cc2ccccc2o1. The number of anilines is 2. The first kappa shape index (κ1) is 15.0. The minimum absolute atomic E-state index is 0.0239. The molecular weight excluding hydrogens is 330 g/mol. The molecule has 3 aromatic rings. The van der Waals surface area contributed by atoms with Crippen LogP contribution in [-0.4, -0.2) is 30.4 Å². The van der Waals surface area contributed by atoms with Crippen LogP contribution in [0.5, 0.6) is 0 Å². The molecule has 2 aliphatic rings. The normalized spacial score (nSPS) is 21.2. The number of carbonyl (C=O) groups is 2. The zero-order valence-corrected chi connectivity index (χ0v) is 13.9. The molecule has 1 saturated heterocycles. The molecule has 0 spiro atoms. The van der Waals surface area contributed by atoms with E-state index in [0.717, 1.165) is 16.8 Å². The van der Waals surface area contributed by atoms with Crippen LogP contribution in [0.2, 0.25) is 0 Å². The molecule has 2 atom stereocenters. The molecule has 6 nitrogen and oxygen atoms in total. The Morgan fingerprint density at radius 2 is 1.96 bits per heavy atom. The minimum atomic E-state index is -0.258. The molecule has 0 saturated carbocycles. The second-order valence-electron chi connectivity index (χ2n) is 6.73. The first-order chi connectivity index (χ1) is 12.7. The van der Waals surface area contributed by atoms with Gasteiger partial charge in [0.15, 0.2) is 5.76 Å². The van der Waals surface area contributed by atoms with Crippen LogP contribution in [0.4, 0.5) is 11.4 Å². The zero-order valence-electron chi connectivity index (χ0n) is 13.9. The maximum Gasteiger partial charge on any atom is 0.287 e. The summed E-state index contributed by atoms with van der Waals surface area (Å²) >= 11 is 0. The van der Waals surface area contributed by atoms with Gasteiger partial charge in [-0.15, -0.1) is 0 Å². The Bertz CT molecular complexity index is 993. The highest BCUT2D eigenvalue weighted by Crippen LogP contribution is 2.36. The third kappa shape index (κ3) is 2.34. The average Bonchev–Trinajstić information content (AvgIpc) is 3.26. The molecular formula is C20H17N3O3. The quantitative estimate of drug-likeness (QED) is 0.747. The van der Waals surface area contributed by atoms with Crippen LogP contribution in [0.1, 0.15) is 17.0 Å². The van der Waals surface area contributed by atoms with Crippen LogP contribution >= 0.6 is 0 Å². The monoisotopic (exact) mass is 347 g/mol. The smallest absolute Gasteiger partial charge is 0.287 e. The van der Waals surface area contributed by atoms with Crippen LogP contribution in [-0.2, 0) is 4.79 Å². The van der Waals surface area contributed by atoms with Gasteiger partial charge in [0.2, 0.25) is 5.91 Å². The number of furan rings is 1. The lowest BCUT2D eigenvalue weighted by molar-refractivity contribution is -0.117. The van der Waals surface area contributed by atoms with E-state index < -0.39 is 0 Å². The van der Waals surface area contributed by atoms with Gasteiger partial charge in [0.1, 0.15) is 11.6 Å². The fourth-order valence-corrected chi connectivity index (χ4v) is 3.85. The van der Waals surface area contributed by atoms with Crippen molar-refractivity contribution in [2.24, 2.45) is 0 Å². The summed E-state index contributed by atoms with van der Waals surface area (Å²) < 4.78 is 5.63. The van der Waals surface area contributed by atoms with Crippen molar-refractivity contribution in [1.82, 2.24) is 5.32 Å². The molecule has 1 fully saturated rings. The van der Waals surface area contributed by atoms with Crippen molar-refractivity contribution >= 4 is 34.2 Å². The summed E-state index contributed by atoms with van der Waals surface area (Å²) in [4.78, 5) is 27.0. The highest BCUT2D eigenvalue weighted by atomic mass is 16.3. The molecule has 2 aromatic carbocycles. The molecule has 0 bridgehead atoms. The van der Waals surface area contributed by atoms with Crippen molar-refractivity contribution in [3.8, 4) is 0 Å². The maximum absolute atomic E-state index is 12.6. The van der Waals surface area contributed by atoms with Gasteiger partial charge in [-0.1, -0.05) is 30.3 Å².